The van der Waals surface area contributed by atoms with Crippen molar-refractivity contribution in [3.8, 4) is 0 Å². The zero-order chi connectivity index (χ0) is 15.3. The number of hydrogen-bond acceptors (Lipinski definition) is 4. The van der Waals surface area contributed by atoms with Crippen molar-refractivity contribution in [3.63, 3.8) is 0 Å². The number of halogens is 1. The Morgan fingerprint density at radius 2 is 1.85 bits per heavy atom. The lowest BCUT2D eigenvalue weighted by Crippen LogP contribution is -2.41. The Balaban J connectivity index is 2.88. The van der Waals surface area contributed by atoms with Crippen molar-refractivity contribution >= 4 is 37.8 Å². The SMILES string of the molecule is NC(=O)CCC(NS(=O)(=O)c1ccc(Br)cc1)C(=O)O. The molecular formula is C11H13BrN2O5S. The highest BCUT2D eigenvalue weighted by Gasteiger charge is 2.25. The number of hydrogen-bond donors (Lipinski definition) is 3. The number of amides is 1. The van der Waals surface area contributed by atoms with Crippen LogP contribution in [0.3, 0.4) is 0 Å². The second-order valence-corrected chi connectivity index (χ2v) is 6.60. The van der Waals surface area contributed by atoms with E-state index in [2.05, 4.69) is 15.9 Å². The van der Waals surface area contributed by atoms with Crippen LogP contribution in [0.15, 0.2) is 33.6 Å². The number of aliphatic carboxylic acids is 1. The van der Waals surface area contributed by atoms with Gasteiger partial charge >= 0.3 is 5.97 Å². The highest BCUT2D eigenvalue weighted by atomic mass is 79.9. The number of sulfonamides is 1. The van der Waals surface area contributed by atoms with Crippen molar-refractivity contribution in [2.24, 2.45) is 5.73 Å². The van der Waals surface area contributed by atoms with E-state index < -0.39 is 27.9 Å². The fraction of sp³-hybridized carbons (Fsp3) is 0.273. The van der Waals surface area contributed by atoms with Crippen LogP contribution in [-0.4, -0.2) is 31.4 Å². The Morgan fingerprint density at radius 3 is 2.30 bits per heavy atom. The van der Waals surface area contributed by atoms with Crippen LogP contribution in [0.1, 0.15) is 12.8 Å². The van der Waals surface area contributed by atoms with Gasteiger partial charge in [-0.05, 0) is 30.7 Å². The van der Waals surface area contributed by atoms with Crippen molar-refractivity contribution in [1.29, 1.82) is 0 Å². The highest BCUT2D eigenvalue weighted by Crippen LogP contribution is 2.15. The molecule has 0 heterocycles. The summed E-state index contributed by atoms with van der Waals surface area (Å²) in [6, 6.07) is 4.30. The first-order chi connectivity index (χ1) is 9.22. The molecule has 7 nitrogen and oxygen atoms in total. The lowest BCUT2D eigenvalue weighted by molar-refractivity contribution is -0.139. The largest absolute Gasteiger partial charge is 0.480 e. The molecule has 0 saturated carbocycles. The molecule has 1 amide bonds. The van der Waals surface area contributed by atoms with Gasteiger partial charge in [0.15, 0.2) is 0 Å². The van der Waals surface area contributed by atoms with E-state index in [-0.39, 0.29) is 17.7 Å². The molecule has 20 heavy (non-hydrogen) atoms. The monoisotopic (exact) mass is 364 g/mol. The van der Waals surface area contributed by atoms with E-state index in [0.717, 1.165) is 0 Å². The van der Waals surface area contributed by atoms with Gasteiger partial charge in [0, 0.05) is 10.9 Å². The predicted molar refractivity (Wildman–Crippen MR) is 74.3 cm³/mol. The van der Waals surface area contributed by atoms with Crippen molar-refractivity contribution in [2.75, 3.05) is 0 Å². The Hall–Kier alpha value is -1.45. The Labute approximate surface area is 124 Å². The van der Waals surface area contributed by atoms with E-state index in [9.17, 15) is 18.0 Å². The summed E-state index contributed by atoms with van der Waals surface area (Å²) in [6.45, 7) is 0. The maximum atomic E-state index is 12.0. The van der Waals surface area contributed by atoms with Crippen LogP contribution in [0.5, 0.6) is 0 Å². The quantitative estimate of drug-likeness (QED) is 0.647. The molecule has 1 aromatic rings. The van der Waals surface area contributed by atoms with Crippen molar-refractivity contribution in [2.45, 2.75) is 23.8 Å². The molecule has 9 heteroatoms. The number of carboxylic acids is 1. The Kier molecular flexibility index (Phi) is 5.66. The summed E-state index contributed by atoms with van der Waals surface area (Å²) in [5.74, 6) is -2.06. The normalized spacial score (nSPS) is 12.8. The summed E-state index contributed by atoms with van der Waals surface area (Å²) in [6.07, 6.45) is -0.430. The zero-order valence-electron chi connectivity index (χ0n) is 10.2. The molecule has 0 bridgehead atoms. The van der Waals surface area contributed by atoms with Gasteiger partial charge in [0.05, 0.1) is 4.90 Å². The summed E-state index contributed by atoms with van der Waals surface area (Å²) >= 11 is 3.17. The second kappa shape index (κ2) is 6.82. The minimum atomic E-state index is -3.97. The first-order valence-electron chi connectivity index (χ1n) is 5.51. The smallest absolute Gasteiger partial charge is 0.321 e. The Morgan fingerprint density at radius 1 is 1.30 bits per heavy atom. The van der Waals surface area contributed by atoms with Crippen LogP contribution >= 0.6 is 15.9 Å². The van der Waals surface area contributed by atoms with Crippen LogP contribution in [0, 0.1) is 0 Å². The van der Waals surface area contributed by atoms with E-state index in [4.69, 9.17) is 10.8 Å². The molecule has 110 valence electrons. The number of nitrogens with two attached hydrogens (primary N) is 1. The number of carboxylic acid groups (broad SMARTS) is 1. The first kappa shape index (κ1) is 16.6. The van der Waals surface area contributed by atoms with Gasteiger partial charge in [-0.3, -0.25) is 9.59 Å². The highest BCUT2D eigenvalue weighted by molar-refractivity contribution is 9.10. The maximum Gasteiger partial charge on any atom is 0.321 e. The van der Waals surface area contributed by atoms with Gasteiger partial charge in [0.1, 0.15) is 6.04 Å². The maximum absolute atomic E-state index is 12.0. The lowest BCUT2D eigenvalue weighted by atomic mass is 10.2. The molecule has 4 N–H and O–H groups in total. The molecule has 0 aliphatic rings. The number of rotatable bonds is 7. The molecule has 1 aromatic carbocycles. The topological polar surface area (TPSA) is 127 Å². The van der Waals surface area contributed by atoms with Crippen LogP contribution in [0.4, 0.5) is 0 Å². The number of carbonyl (C=O) groups is 2. The molecule has 1 rings (SSSR count). The predicted octanol–water partition coefficient (Wildman–Crippen LogP) is 0.446. The Bertz CT molecular complexity index is 600. The molecule has 0 spiro atoms. The lowest BCUT2D eigenvalue weighted by Gasteiger charge is -2.14. The van der Waals surface area contributed by atoms with Gasteiger partial charge in [0.25, 0.3) is 0 Å². The second-order valence-electron chi connectivity index (χ2n) is 3.97. The van der Waals surface area contributed by atoms with E-state index in [1.54, 1.807) is 0 Å². The summed E-state index contributed by atoms with van der Waals surface area (Å²) in [5, 5.41) is 8.95. The molecule has 0 aliphatic heterocycles. The van der Waals surface area contributed by atoms with Gasteiger partial charge in [0.2, 0.25) is 15.9 Å². The summed E-state index contributed by atoms with van der Waals surface area (Å²) in [4.78, 5) is 21.6. The first-order valence-corrected chi connectivity index (χ1v) is 7.79. The third-order valence-corrected chi connectivity index (χ3v) is 4.42. The summed E-state index contributed by atoms with van der Waals surface area (Å²) < 4.78 is 26.7. The molecule has 1 unspecified atom stereocenters. The third kappa shape index (κ3) is 4.91. The van der Waals surface area contributed by atoms with Crippen molar-refractivity contribution < 1.29 is 23.1 Å². The third-order valence-electron chi connectivity index (χ3n) is 2.40. The van der Waals surface area contributed by atoms with E-state index in [1.165, 1.54) is 24.3 Å². The van der Waals surface area contributed by atoms with Gasteiger partial charge in [-0.2, -0.15) is 4.72 Å². The summed E-state index contributed by atoms with van der Waals surface area (Å²) in [5.41, 5.74) is 4.92. The number of primary amides is 1. The number of nitrogens with one attached hydrogen (secondary N) is 1. The molecular weight excluding hydrogens is 352 g/mol. The molecule has 0 saturated heterocycles. The van der Waals surface area contributed by atoms with Crippen LogP contribution < -0.4 is 10.5 Å². The fourth-order valence-corrected chi connectivity index (χ4v) is 2.88. The fourth-order valence-electron chi connectivity index (χ4n) is 1.39. The van der Waals surface area contributed by atoms with Crippen molar-refractivity contribution in [1.82, 2.24) is 4.72 Å². The average molecular weight is 365 g/mol. The molecule has 1 atom stereocenters. The van der Waals surface area contributed by atoms with E-state index in [1.807, 2.05) is 4.72 Å². The summed E-state index contributed by atoms with van der Waals surface area (Å²) in [7, 11) is -3.97. The average Bonchev–Trinajstić information content (AvgIpc) is 2.34. The molecule has 0 fully saturated rings. The van der Waals surface area contributed by atoms with E-state index >= 15 is 0 Å². The van der Waals surface area contributed by atoms with Crippen LogP contribution in [0.25, 0.3) is 0 Å². The van der Waals surface area contributed by atoms with Crippen molar-refractivity contribution in [3.05, 3.63) is 28.7 Å². The van der Waals surface area contributed by atoms with Crippen LogP contribution in [-0.2, 0) is 19.6 Å². The van der Waals surface area contributed by atoms with Gasteiger partial charge < -0.3 is 10.8 Å². The standard InChI is InChI=1S/C11H13BrN2O5S/c12-7-1-3-8(4-2-7)20(18,19)14-9(11(16)17)5-6-10(13)15/h1-4,9,14H,5-6H2,(H2,13,15)(H,16,17). The number of carbonyl (C=O) groups excluding carboxylic acids is 1. The van der Waals surface area contributed by atoms with Gasteiger partial charge in [-0.1, -0.05) is 15.9 Å². The van der Waals surface area contributed by atoms with Gasteiger partial charge in [-0.25, -0.2) is 8.42 Å². The minimum absolute atomic E-state index is 0.0639. The molecule has 0 aromatic heterocycles. The molecule has 0 radical (unpaired) electrons. The number of benzene rings is 1. The van der Waals surface area contributed by atoms with Gasteiger partial charge in [-0.15, -0.1) is 0 Å². The van der Waals surface area contributed by atoms with Crippen LogP contribution in [0.2, 0.25) is 0 Å². The minimum Gasteiger partial charge on any atom is -0.480 e. The van der Waals surface area contributed by atoms with E-state index in [0.29, 0.717) is 4.47 Å². The molecule has 0 aliphatic carbocycles. The zero-order valence-corrected chi connectivity index (χ0v) is 12.6.